The summed E-state index contributed by atoms with van der Waals surface area (Å²) in [7, 11) is 0. The summed E-state index contributed by atoms with van der Waals surface area (Å²) in [6, 6.07) is 10.1. The van der Waals surface area contributed by atoms with Crippen molar-refractivity contribution in [3.63, 3.8) is 0 Å². The Morgan fingerprint density at radius 2 is 1.76 bits per heavy atom. The van der Waals surface area contributed by atoms with Crippen molar-refractivity contribution in [2.24, 2.45) is 0 Å². The van der Waals surface area contributed by atoms with E-state index in [0.717, 1.165) is 23.8 Å². The molecule has 0 unspecified atom stereocenters. The lowest BCUT2D eigenvalue weighted by atomic mass is 10.2. The Hall–Kier alpha value is -3.69. The van der Waals surface area contributed by atoms with E-state index in [2.05, 4.69) is 10.9 Å². The van der Waals surface area contributed by atoms with Gasteiger partial charge < -0.3 is 4.74 Å². The van der Waals surface area contributed by atoms with Crippen molar-refractivity contribution in [3.05, 3.63) is 68.3 Å². The maximum atomic E-state index is 11.7. The quantitative estimate of drug-likeness (QED) is 0.580. The molecule has 2 aromatic carbocycles. The third-order valence-corrected chi connectivity index (χ3v) is 3.12. The Kier molecular flexibility index (Phi) is 5.46. The van der Waals surface area contributed by atoms with Gasteiger partial charge in [-0.25, -0.2) is 0 Å². The minimum absolute atomic E-state index is 0.0840. The number of hydrogen-bond acceptors (Lipinski definition) is 7. The number of nitro groups is 2. The van der Waals surface area contributed by atoms with E-state index in [0.29, 0.717) is 5.75 Å². The standard InChI is InChI=1S/C15H14N4O6/c1-10-2-5-12(6-3-10)25-9-15(20)17-16-13-7-4-11(18(21)22)8-14(13)19(23)24/h2-8,16H,9H2,1H3,(H,17,20). The number of amides is 1. The Morgan fingerprint density at radius 1 is 1.08 bits per heavy atom. The average Bonchev–Trinajstić information content (AvgIpc) is 2.59. The highest BCUT2D eigenvalue weighted by atomic mass is 16.6. The molecule has 0 bridgehead atoms. The van der Waals surface area contributed by atoms with E-state index in [-0.39, 0.29) is 12.3 Å². The van der Waals surface area contributed by atoms with Crippen molar-refractivity contribution in [2.75, 3.05) is 12.0 Å². The van der Waals surface area contributed by atoms with Gasteiger partial charge in [0.2, 0.25) is 0 Å². The van der Waals surface area contributed by atoms with Gasteiger partial charge in [-0.15, -0.1) is 0 Å². The Morgan fingerprint density at radius 3 is 2.36 bits per heavy atom. The van der Waals surface area contributed by atoms with Crippen LogP contribution in [-0.2, 0) is 4.79 Å². The van der Waals surface area contributed by atoms with Gasteiger partial charge in [0.15, 0.2) is 6.61 Å². The molecular weight excluding hydrogens is 332 g/mol. The lowest BCUT2D eigenvalue weighted by Crippen LogP contribution is -2.33. The molecule has 25 heavy (non-hydrogen) atoms. The number of hydrogen-bond donors (Lipinski definition) is 2. The van der Waals surface area contributed by atoms with Gasteiger partial charge in [-0.1, -0.05) is 17.7 Å². The monoisotopic (exact) mass is 346 g/mol. The summed E-state index contributed by atoms with van der Waals surface area (Å²) in [4.78, 5) is 31.9. The number of nitrogens with one attached hydrogen (secondary N) is 2. The lowest BCUT2D eigenvalue weighted by molar-refractivity contribution is -0.393. The van der Waals surface area contributed by atoms with Crippen LogP contribution in [0.4, 0.5) is 17.1 Å². The van der Waals surface area contributed by atoms with E-state index in [1.165, 1.54) is 0 Å². The molecule has 0 aromatic heterocycles. The zero-order valence-corrected chi connectivity index (χ0v) is 13.1. The number of nitro benzene ring substituents is 2. The molecule has 0 fully saturated rings. The predicted molar refractivity (Wildman–Crippen MR) is 88.2 cm³/mol. The Bertz CT molecular complexity index is 806. The Balaban J connectivity index is 1.95. The summed E-state index contributed by atoms with van der Waals surface area (Å²) in [6.45, 7) is 1.61. The number of aryl methyl sites for hydroxylation is 1. The van der Waals surface area contributed by atoms with Crippen LogP contribution < -0.4 is 15.6 Å². The molecule has 0 aliphatic carbocycles. The normalized spacial score (nSPS) is 9.96. The van der Waals surface area contributed by atoms with Crippen LogP contribution in [-0.4, -0.2) is 22.4 Å². The van der Waals surface area contributed by atoms with Crippen molar-refractivity contribution in [1.82, 2.24) is 5.43 Å². The molecule has 10 heteroatoms. The molecule has 0 saturated carbocycles. The first kappa shape index (κ1) is 17.7. The first-order chi connectivity index (χ1) is 11.9. The number of benzene rings is 2. The third kappa shape index (κ3) is 4.89. The SMILES string of the molecule is Cc1ccc(OCC(=O)NNc2ccc([N+](=O)[O-])cc2[N+](=O)[O-])cc1. The highest BCUT2D eigenvalue weighted by molar-refractivity contribution is 5.80. The van der Waals surface area contributed by atoms with Crippen molar-refractivity contribution < 1.29 is 19.4 Å². The van der Waals surface area contributed by atoms with Crippen LogP contribution >= 0.6 is 0 Å². The summed E-state index contributed by atoms with van der Waals surface area (Å²) in [5.41, 5.74) is 4.60. The second-order valence-electron chi connectivity index (χ2n) is 4.99. The topological polar surface area (TPSA) is 137 Å². The average molecular weight is 346 g/mol. The number of non-ortho nitro benzene ring substituents is 1. The van der Waals surface area contributed by atoms with E-state index in [9.17, 15) is 25.0 Å². The van der Waals surface area contributed by atoms with Gasteiger partial charge in [0.25, 0.3) is 11.6 Å². The molecule has 2 rings (SSSR count). The third-order valence-electron chi connectivity index (χ3n) is 3.12. The van der Waals surface area contributed by atoms with Crippen LogP contribution in [0.15, 0.2) is 42.5 Å². The predicted octanol–water partition coefficient (Wildman–Crippen LogP) is 2.33. The smallest absolute Gasteiger partial charge is 0.300 e. The van der Waals surface area contributed by atoms with Gasteiger partial charge in [0, 0.05) is 6.07 Å². The van der Waals surface area contributed by atoms with Gasteiger partial charge >= 0.3 is 5.69 Å². The first-order valence-electron chi connectivity index (χ1n) is 7.04. The maximum Gasteiger partial charge on any atom is 0.300 e. The summed E-state index contributed by atoms with van der Waals surface area (Å²) in [5, 5.41) is 21.7. The number of ether oxygens (including phenoxy) is 1. The molecule has 2 aromatic rings. The number of carbonyl (C=O) groups is 1. The highest BCUT2D eigenvalue weighted by Gasteiger charge is 2.19. The van der Waals surface area contributed by atoms with Crippen LogP contribution in [0.2, 0.25) is 0 Å². The van der Waals surface area contributed by atoms with Crippen LogP contribution in [0.1, 0.15) is 5.56 Å². The molecule has 10 nitrogen and oxygen atoms in total. The van der Waals surface area contributed by atoms with Crippen molar-refractivity contribution >= 4 is 23.0 Å². The summed E-state index contributed by atoms with van der Waals surface area (Å²) >= 11 is 0. The van der Waals surface area contributed by atoms with Crippen LogP contribution in [0.25, 0.3) is 0 Å². The van der Waals surface area contributed by atoms with E-state index >= 15 is 0 Å². The molecular formula is C15H14N4O6. The fourth-order valence-electron chi connectivity index (χ4n) is 1.85. The van der Waals surface area contributed by atoms with Crippen LogP contribution in [0.5, 0.6) is 5.75 Å². The van der Waals surface area contributed by atoms with Gasteiger partial charge in [-0.3, -0.25) is 35.9 Å². The second-order valence-corrected chi connectivity index (χ2v) is 4.99. The number of carbonyl (C=O) groups excluding carboxylic acids is 1. The van der Waals surface area contributed by atoms with Gasteiger partial charge in [-0.2, -0.15) is 0 Å². The van der Waals surface area contributed by atoms with Crippen molar-refractivity contribution in [3.8, 4) is 5.75 Å². The zero-order valence-electron chi connectivity index (χ0n) is 13.1. The highest BCUT2D eigenvalue weighted by Crippen LogP contribution is 2.28. The molecule has 0 aliphatic heterocycles. The first-order valence-corrected chi connectivity index (χ1v) is 7.04. The molecule has 2 N–H and O–H groups in total. The minimum atomic E-state index is -0.787. The fourth-order valence-corrected chi connectivity index (χ4v) is 1.85. The van der Waals surface area contributed by atoms with Gasteiger partial charge in [0.1, 0.15) is 11.4 Å². The number of nitrogens with zero attached hydrogens (tertiary/aromatic N) is 2. The van der Waals surface area contributed by atoms with Gasteiger partial charge in [-0.05, 0) is 25.1 Å². The lowest BCUT2D eigenvalue weighted by Gasteiger charge is -2.10. The van der Waals surface area contributed by atoms with E-state index in [4.69, 9.17) is 4.74 Å². The minimum Gasteiger partial charge on any atom is -0.484 e. The number of rotatable bonds is 7. The molecule has 0 heterocycles. The summed E-state index contributed by atoms with van der Waals surface area (Å²) in [5.74, 6) is -0.0738. The molecule has 0 atom stereocenters. The zero-order chi connectivity index (χ0) is 18.4. The fraction of sp³-hybridized carbons (Fsp3) is 0.133. The largest absolute Gasteiger partial charge is 0.484 e. The van der Waals surface area contributed by atoms with Crippen molar-refractivity contribution in [2.45, 2.75) is 6.92 Å². The summed E-state index contributed by atoms with van der Waals surface area (Å²) in [6.07, 6.45) is 0. The molecule has 130 valence electrons. The van der Waals surface area contributed by atoms with Gasteiger partial charge in [0.05, 0.1) is 15.9 Å². The van der Waals surface area contributed by atoms with E-state index in [1.807, 2.05) is 19.1 Å². The molecule has 0 radical (unpaired) electrons. The van der Waals surface area contributed by atoms with Crippen LogP contribution in [0, 0.1) is 27.2 Å². The molecule has 0 saturated heterocycles. The maximum absolute atomic E-state index is 11.7. The Labute approximate surface area is 141 Å². The number of anilines is 1. The molecule has 1 amide bonds. The molecule has 0 aliphatic rings. The van der Waals surface area contributed by atoms with E-state index in [1.54, 1.807) is 12.1 Å². The molecule has 0 spiro atoms. The number of hydrazine groups is 1. The summed E-state index contributed by atoms with van der Waals surface area (Å²) < 4.78 is 5.26. The second kappa shape index (κ2) is 7.73. The van der Waals surface area contributed by atoms with Crippen LogP contribution in [0.3, 0.4) is 0 Å². The van der Waals surface area contributed by atoms with Crippen molar-refractivity contribution in [1.29, 1.82) is 0 Å². The van der Waals surface area contributed by atoms with E-state index < -0.39 is 27.1 Å².